The number of nitrogens with zero attached hydrogens (tertiary/aromatic N) is 2. The molecule has 0 bridgehead atoms. The number of carbonyl (C=O) groups is 1. The van der Waals surface area contributed by atoms with Crippen molar-refractivity contribution in [3.63, 3.8) is 0 Å². The van der Waals surface area contributed by atoms with Gasteiger partial charge in [0, 0.05) is 17.8 Å². The maximum atomic E-state index is 11.8. The van der Waals surface area contributed by atoms with Crippen molar-refractivity contribution in [2.75, 3.05) is 6.61 Å². The van der Waals surface area contributed by atoms with Gasteiger partial charge in [0.1, 0.15) is 5.69 Å². The Morgan fingerprint density at radius 1 is 1.30 bits per heavy atom. The number of carbonyl (C=O) groups excluding carboxylic acids is 1. The van der Waals surface area contributed by atoms with Crippen molar-refractivity contribution in [3.05, 3.63) is 64.0 Å². The lowest BCUT2D eigenvalue weighted by Crippen LogP contribution is -2.13. The van der Waals surface area contributed by atoms with Crippen LogP contribution in [0.1, 0.15) is 23.0 Å². The molecular formula is C14H14N2O4. The summed E-state index contributed by atoms with van der Waals surface area (Å²) in [5.41, 5.74) is 0.959. The zero-order chi connectivity index (χ0) is 14.5. The molecule has 104 valence electrons. The van der Waals surface area contributed by atoms with Crippen molar-refractivity contribution < 1.29 is 14.5 Å². The van der Waals surface area contributed by atoms with Crippen LogP contribution in [0.3, 0.4) is 0 Å². The molecule has 0 radical (unpaired) electrons. The van der Waals surface area contributed by atoms with Gasteiger partial charge in [-0.3, -0.25) is 10.1 Å². The predicted octanol–water partition coefficient (Wildman–Crippen LogP) is 2.62. The molecule has 2 aromatic rings. The fourth-order valence-electron chi connectivity index (χ4n) is 1.95. The fraction of sp³-hybridized carbons (Fsp3) is 0.214. The van der Waals surface area contributed by atoms with E-state index in [1.165, 1.54) is 6.07 Å². The summed E-state index contributed by atoms with van der Waals surface area (Å²) in [6, 6.07) is 9.81. The standard InChI is InChI=1S/C14H14N2O4/c1-2-20-14(17)13-8-5-9-15(13)10-11-6-3-4-7-12(11)16(18)19/h3-9H,2,10H2,1H3. The quantitative estimate of drug-likeness (QED) is 0.477. The number of rotatable bonds is 5. The van der Waals surface area contributed by atoms with Gasteiger partial charge >= 0.3 is 5.97 Å². The van der Waals surface area contributed by atoms with Crippen LogP contribution in [-0.4, -0.2) is 22.1 Å². The molecule has 1 aromatic heterocycles. The van der Waals surface area contributed by atoms with Crippen molar-refractivity contribution in [1.29, 1.82) is 0 Å². The number of para-hydroxylation sites is 1. The van der Waals surface area contributed by atoms with Crippen LogP contribution in [0.5, 0.6) is 0 Å². The molecular weight excluding hydrogens is 260 g/mol. The molecule has 6 nitrogen and oxygen atoms in total. The number of nitro groups is 1. The Hall–Kier alpha value is -2.63. The summed E-state index contributed by atoms with van der Waals surface area (Å²) in [6.45, 7) is 2.26. The molecule has 1 heterocycles. The molecule has 0 aliphatic heterocycles. The summed E-state index contributed by atoms with van der Waals surface area (Å²) in [7, 11) is 0. The molecule has 2 rings (SSSR count). The van der Waals surface area contributed by atoms with Crippen LogP contribution in [0.25, 0.3) is 0 Å². The van der Waals surface area contributed by atoms with Gasteiger partial charge in [0.05, 0.1) is 18.1 Å². The lowest BCUT2D eigenvalue weighted by molar-refractivity contribution is -0.385. The smallest absolute Gasteiger partial charge is 0.354 e. The second-order valence-corrected chi connectivity index (χ2v) is 4.13. The molecule has 6 heteroatoms. The van der Waals surface area contributed by atoms with Crippen molar-refractivity contribution in [2.24, 2.45) is 0 Å². The van der Waals surface area contributed by atoms with Crippen molar-refractivity contribution >= 4 is 11.7 Å². The van der Waals surface area contributed by atoms with E-state index in [1.54, 1.807) is 48.0 Å². The maximum Gasteiger partial charge on any atom is 0.354 e. The van der Waals surface area contributed by atoms with Gasteiger partial charge in [0.2, 0.25) is 0 Å². The summed E-state index contributed by atoms with van der Waals surface area (Å²) < 4.78 is 6.59. The Balaban J connectivity index is 2.30. The number of nitro benzene ring substituents is 1. The summed E-state index contributed by atoms with van der Waals surface area (Å²) in [4.78, 5) is 22.3. The summed E-state index contributed by atoms with van der Waals surface area (Å²) in [5, 5.41) is 11.0. The van der Waals surface area contributed by atoms with E-state index in [9.17, 15) is 14.9 Å². The highest BCUT2D eigenvalue weighted by Gasteiger charge is 2.16. The highest BCUT2D eigenvalue weighted by atomic mass is 16.6. The molecule has 0 aliphatic carbocycles. The first-order valence-corrected chi connectivity index (χ1v) is 6.18. The first-order chi connectivity index (χ1) is 9.63. The van der Waals surface area contributed by atoms with E-state index in [0.717, 1.165) is 0 Å². The number of benzene rings is 1. The average Bonchev–Trinajstić information content (AvgIpc) is 2.87. The van der Waals surface area contributed by atoms with E-state index in [-0.39, 0.29) is 18.8 Å². The lowest BCUT2D eigenvalue weighted by Gasteiger charge is -2.09. The minimum atomic E-state index is -0.434. The van der Waals surface area contributed by atoms with Crippen molar-refractivity contribution in [1.82, 2.24) is 4.57 Å². The third-order valence-electron chi connectivity index (χ3n) is 2.84. The number of ether oxygens (including phenoxy) is 1. The molecule has 0 unspecified atom stereocenters. The predicted molar refractivity (Wildman–Crippen MR) is 72.6 cm³/mol. The van der Waals surface area contributed by atoms with Gasteiger partial charge in [0.15, 0.2) is 0 Å². The number of hydrogen-bond donors (Lipinski definition) is 0. The lowest BCUT2D eigenvalue weighted by atomic mass is 10.2. The van der Waals surface area contributed by atoms with E-state index in [1.807, 2.05) is 0 Å². The molecule has 0 amide bonds. The SMILES string of the molecule is CCOC(=O)c1cccn1Cc1ccccc1[N+](=O)[O-]. The molecule has 0 atom stereocenters. The second kappa shape index (κ2) is 6.01. The molecule has 0 saturated heterocycles. The molecule has 1 aromatic carbocycles. The van der Waals surface area contributed by atoms with Gasteiger partial charge in [-0.25, -0.2) is 4.79 Å². The van der Waals surface area contributed by atoms with Crippen LogP contribution in [0.2, 0.25) is 0 Å². The third-order valence-corrected chi connectivity index (χ3v) is 2.84. The van der Waals surface area contributed by atoms with E-state index in [0.29, 0.717) is 11.3 Å². The summed E-state index contributed by atoms with van der Waals surface area (Å²) in [6.07, 6.45) is 1.70. The minimum absolute atomic E-state index is 0.0380. The molecule has 0 aliphatic rings. The first-order valence-electron chi connectivity index (χ1n) is 6.18. The Kier molecular flexibility index (Phi) is 4.14. The average molecular weight is 274 g/mol. The van der Waals surface area contributed by atoms with Gasteiger partial charge in [-0.2, -0.15) is 0 Å². The van der Waals surface area contributed by atoms with Gasteiger partial charge < -0.3 is 9.30 Å². The first kappa shape index (κ1) is 13.8. The van der Waals surface area contributed by atoms with Crippen LogP contribution in [0.4, 0.5) is 5.69 Å². The highest BCUT2D eigenvalue weighted by molar-refractivity contribution is 5.87. The van der Waals surface area contributed by atoms with Crippen molar-refractivity contribution in [2.45, 2.75) is 13.5 Å². The van der Waals surface area contributed by atoms with Gasteiger partial charge in [-0.15, -0.1) is 0 Å². The molecule has 0 spiro atoms. The Morgan fingerprint density at radius 3 is 2.75 bits per heavy atom. The topological polar surface area (TPSA) is 74.4 Å². The van der Waals surface area contributed by atoms with Gasteiger partial charge in [-0.05, 0) is 19.1 Å². The number of hydrogen-bond acceptors (Lipinski definition) is 4. The van der Waals surface area contributed by atoms with Crippen LogP contribution in [0.15, 0.2) is 42.6 Å². The highest BCUT2D eigenvalue weighted by Crippen LogP contribution is 2.19. The van der Waals surface area contributed by atoms with Crippen LogP contribution in [0, 0.1) is 10.1 Å². The Labute approximate surface area is 115 Å². The largest absolute Gasteiger partial charge is 0.461 e. The molecule has 0 N–H and O–H groups in total. The van der Waals surface area contributed by atoms with Crippen molar-refractivity contribution in [3.8, 4) is 0 Å². The summed E-state index contributed by atoms with van der Waals surface area (Å²) >= 11 is 0. The maximum absolute atomic E-state index is 11.8. The number of aromatic nitrogens is 1. The molecule has 0 fully saturated rings. The monoisotopic (exact) mass is 274 g/mol. The van der Waals surface area contributed by atoms with E-state index in [2.05, 4.69) is 0 Å². The summed E-state index contributed by atoms with van der Waals surface area (Å²) in [5.74, 6) is -0.434. The third kappa shape index (κ3) is 2.85. The Morgan fingerprint density at radius 2 is 2.05 bits per heavy atom. The Bertz CT molecular complexity index is 634. The molecule has 20 heavy (non-hydrogen) atoms. The van der Waals surface area contributed by atoms with Crippen LogP contribution >= 0.6 is 0 Å². The zero-order valence-corrected chi connectivity index (χ0v) is 11.0. The van der Waals surface area contributed by atoms with Crippen LogP contribution < -0.4 is 0 Å². The van der Waals surface area contributed by atoms with Crippen LogP contribution in [-0.2, 0) is 11.3 Å². The molecule has 0 saturated carbocycles. The van der Waals surface area contributed by atoms with Gasteiger partial charge in [0.25, 0.3) is 5.69 Å². The van der Waals surface area contributed by atoms with E-state index in [4.69, 9.17) is 4.74 Å². The second-order valence-electron chi connectivity index (χ2n) is 4.13. The van der Waals surface area contributed by atoms with E-state index < -0.39 is 10.9 Å². The fourth-order valence-corrected chi connectivity index (χ4v) is 1.95. The normalized spacial score (nSPS) is 10.2. The minimum Gasteiger partial charge on any atom is -0.461 e. The number of esters is 1. The van der Waals surface area contributed by atoms with Gasteiger partial charge in [-0.1, -0.05) is 18.2 Å². The zero-order valence-electron chi connectivity index (χ0n) is 11.0. The van der Waals surface area contributed by atoms with E-state index >= 15 is 0 Å².